The number of carbonyl (C=O) groups is 2. The molecule has 0 spiro atoms. The number of aliphatic hydroxyl groups excluding tert-OH is 1. The Morgan fingerprint density at radius 1 is 1.24 bits per heavy atom. The highest BCUT2D eigenvalue weighted by molar-refractivity contribution is 7.91. The molecule has 204 valence electrons. The van der Waals surface area contributed by atoms with Crippen LogP contribution in [-0.2, 0) is 30.9 Å². The number of hydrogen-bond acceptors (Lipinski definition) is 9. The van der Waals surface area contributed by atoms with Gasteiger partial charge in [-0.2, -0.15) is 13.5 Å². The molecule has 0 bridgehead atoms. The van der Waals surface area contributed by atoms with E-state index in [-0.39, 0.29) is 34.4 Å². The second kappa shape index (κ2) is 10.1. The van der Waals surface area contributed by atoms with Crippen molar-refractivity contribution < 1.29 is 46.3 Å². The number of ether oxygens (including phenoxy) is 1. The van der Waals surface area contributed by atoms with Crippen molar-refractivity contribution in [2.45, 2.75) is 34.4 Å². The number of benzene rings is 1. The Balaban J connectivity index is 1.63. The molecule has 0 saturated heterocycles. The lowest BCUT2D eigenvalue weighted by Crippen LogP contribution is -2.50. The minimum Gasteiger partial charge on any atom is -0.480 e. The van der Waals surface area contributed by atoms with Crippen LogP contribution in [0.15, 0.2) is 57.3 Å². The average Bonchev–Trinajstić information content (AvgIpc) is 3.23. The van der Waals surface area contributed by atoms with Crippen LogP contribution in [0.5, 0.6) is 0 Å². The fraction of sp³-hybridized carbons (Fsp3) is 0.348. The van der Waals surface area contributed by atoms with Gasteiger partial charge in [-0.3, -0.25) is 4.79 Å². The fourth-order valence-electron chi connectivity index (χ4n) is 4.11. The molecule has 1 aromatic carbocycles. The van der Waals surface area contributed by atoms with Gasteiger partial charge in [0, 0.05) is 19.5 Å². The molecule has 4 N–H and O–H groups in total. The number of carboxylic acids is 1. The first kappa shape index (κ1) is 27.6. The number of carbonyl (C=O) groups excluding carboxylic acids is 1. The maximum atomic E-state index is 13.5. The van der Waals surface area contributed by atoms with E-state index in [1.807, 2.05) is 0 Å². The lowest BCUT2D eigenvalue weighted by molar-refractivity contribution is -0.141. The van der Waals surface area contributed by atoms with E-state index in [4.69, 9.17) is 9.84 Å². The van der Waals surface area contributed by atoms with Crippen molar-refractivity contribution in [2.24, 2.45) is 0 Å². The van der Waals surface area contributed by atoms with Crippen molar-refractivity contribution >= 4 is 33.4 Å². The van der Waals surface area contributed by atoms with E-state index in [9.17, 15) is 31.9 Å². The third kappa shape index (κ3) is 5.14. The first-order chi connectivity index (χ1) is 17.8. The molecule has 1 amide bonds. The topological polar surface area (TPSA) is 168 Å². The third-order valence-corrected chi connectivity index (χ3v) is 9.22. The summed E-state index contributed by atoms with van der Waals surface area (Å²) in [5, 5.41) is 24.9. The van der Waals surface area contributed by atoms with Crippen LogP contribution in [0.25, 0.3) is 10.6 Å². The number of rotatable bonds is 11. The maximum absolute atomic E-state index is 13.5. The molecule has 11 nitrogen and oxygen atoms in total. The number of alkyl carbamates (subject to hydrolysis) is 1. The zero-order chi connectivity index (χ0) is 27.8. The number of aliphatic hydroxyl groups is 1. The number of sulfonamides is 1. The van der Waals surface area contributed by atoms with E-state index in [2.05, 4.69) is 19.7 Å². The molecule has 0 radical (unpaired) electrons. The monoisotopic (exact) mass is 571 g/mol. The Bertz CT molecular complexity index is 1440. The average molecular weight is 572 g/mol. The van der Waals surface area contributed by atoms with Gasteiger partial charge in [0.15, 0.2) is 0 Å². The highest BCUT2D eigenvalue weighted by atomic mass is 32.2. The Kier molecular flexibility index (Phi) is 7.31. The predicted molar refractivity (Wildman–Crippen MR) is 129 cm³/mol. The molecule has 1 saturated carbocycles. The van der Waals surface area contributed by atoms with Gasteiger partial charge in [-0.05, 0) is 24.1 Å². The van der Waals surface area contributed by atoms with Gasteiger partial charge in [0.1, 0.15) is 22.0 Å². The molecule has 0 aliphatic heterocycles. The van der Waals surface area contributed by atoms with Crippen molar-refractivity contribution in [3.05, 3.63) is 59.9 Å². The molecule has 2 atom stereocenters. The standard InChI is InChI=1S/C23H23F2N3O8S2/c1-21(24,25)17-11-15(27-36-17)16-7-8-18(37-16)38(33,34)28-23(19(30)31)12-22(23,14-5-3-2-4-6-14)13-35-20(32)26-9-10-29/h2-8,11,28-29H,9-10,12-13H2,1H3,(H,26,32)(H,30,31). The molecule has 1 aliphatic rings. The first-order valence-electron chi connectivity index (χ1n) is 11.1. The predicted octanol–water partition coefficient (Wildman–Crippen LogP) is 2.68. The van der Waals surface area contributed by atoms with Crippen molar-refractivity contribution in [3.63, 3.8) is 0 Å². The Labute approximate surface area is 219 Å². The number of thiophene rings is 1. The molecule has 1 aliphatic carbocycles. The smallest absolute Gasteiger partial charge is 0.407 e. The van der Waals surface area contributed by atoms with Gasteiger partial charge in [-0.15, -0.1) is 11.3 Å². The number of alkyl halides is 2. The third-order valence-electron chi connectivity index (χ3n) is 6.13. The molecule has 4 rings (SSSR count). The molecule has 1 fully saturated rings. The molecule has 3 aromatic rings. The lowest BCUT2D eigenvalue weighted by Gasteiger charge is -2.24. The summed E-state index contributed by atoms with van der Waals surface area (Å²) >= 11 is 0.691. The van der Waals surface area contributed by atoms with Gasteiger partial charge < -0.3 is 24.8 Å². The van der Waals surface area contributed by atoms with Crippen molar-refractivity contribution in [1.29, 1.82) is 0 Å². The highest BCUT2D eigenvalue weighted by Crippen LogP contribution is 2.59. The largest absolute Gasteiger partial charge is 0.480 e. The summed E-state index contributed by atoms with van der Waals surface area (Å²) in [7, 11) is -4.45. The molecule has 2 unspecified atom stereocenters. The molecule has 15 heteroatoms. The summed E-state index contributed by atoms with van der Waals surface area (Å²) in [5.74, 6) is -5.45. The van der Waals surface area contributed by atoms with Crippen LogP contribution in [0.4, 0.5) is 13.6 Å². The Morgan fingerprint density at radius 2 is 1.95 bits per heavy atom. The van der Waals surface area contributed by atoms with Crippen LogP contribution in [0.1, 0.15) is 24.7 Å². The van der Waals surface area contributed by atoms with Crippen LogP contribution < -0.4 is 10.0 Å². The van der Waals surface area contributed by atoms with Crippen molar-refractivity contribution in [2.75, 3.05) is 19.8 Å². The van der Waals surface area contributed by atoms with Gasteiger partial charge in [-0.25, -0.2) is 13.2 Å². The summed E-state index contributed by atoms with van der Waals surface area (Å²) in [6.45, 7) is -0.258. The molecule has 38 heavy (non-hydrogen) atoms. The van der Waals surface area contributed by atoms with E-state index in [1.165, 1.54) is 12.1 Å². The summed E-state index contributed by atoms with van der Waals surface area (Å²) in [6, 6.07) is 11.7. The lowest BCUT2D eigenvalue weighted by atomic mass is 9.91. The van der Waals surface area contributed by atoms with Crippen LogP contribution in [0.2, 0.25) is 0 Å². The first-order valence-corrected chi connectivity index (χ1v) is 13.4. The van der Waals surface area contributed by atoms with Crippen LogP contribution in [0.3, 0.4) is 0 Å². The molecule has 2 aromatic heterocycles. The quantitative estimate of drug-likeness (QED) is 0.270. The van der Waals surface area contributed by atoms with E-state index < -0.39 is 51.3 Å². The number of aliphatic carboxylic acids is 1. The van der Waals surface area contributed by atoms with Gasteiger partial charge >= 0.3 is 18.0 Å². The minimum atomic E-state index is -4.45. The Morgan fingerprint density at radius 3 is 2.55 bits per heavy atom. The molecular formula is C23H23F2N3O8S2. The van der Waals surface area contributed by atoms with Crippen LogP contribution >= 0.6 is 11.3 Å². The zero-order valence-corrected chi connectivity index (χ0v) is 21.4. The Hall–Kier alpha value is -3.40. The van der Waals surface area contributed by atoms with Gasteiger partial charge in [0.05, 0.1) is 16.9 Å². The second-order valence-corrected chi connectivity index (χ2v) is 11.7. The van der Waals surface area contributed by atoms with E-state index in [0.717, 1.165) is 6.07 Å². The van der Waals surface area contributed by atoms with E-state index in [1.54, 1.807) is 30.3 Å². The number of aromatic nitrogens is 1. The number of nitrogens with zero attached hydrogens (tertiary/aromatic N) is 1. The van der Waals surface area contributed by atoms with E-state index >= 15 is 0 Å². The van der Waals surface area contributed by atoms with E-state index in [0.29, 0.717) is 23.8 Å². The minimum absolute atomic E-state index is 0.00623. The molecular weight excluding hydrogens is 548 g/mol. The normalized spacial score (nSPS) is 21.2. The summed E-state index contributed by atoms with van der Waals surface area (Å²) < 4.78 is 65.5. The maximum Gasteiger partial charge on any atom is 0.407 e. The van der Waals surface area contributed by atoms with Gasteiger partial charge in [0.25, 0.3) is 10.0 Å². The number of halogens is 2. The number of carboxylic acid groups (broad SMARTS) is 1. The number of hydrogen-bond donors (Lipinski definition) is 4. The van der Waals surface area contributed by atoms with Crippen molar-refractivity contribution in [3.8, 4) is 10.6 Å². The molecule has 2 heterocycles. The van der Waals surface area contributed by atoms with Crippen LogP contribution in [-0.4, -0.2) is 61.1 Å². The van der Waals surface area contributed by atoms with Crippen molar-refractivity contribution in [1.82, 2.24) is 15.2 Å². The van der Waals surface area contributed by atoms with Gasteiger partial charge in [-0.1, -0.05) is 35.5 Å². The highest BCUT2D eigenvalue weighted by Gasteiger charge is 2.75. The summed E-state index contributed by atoms with van der Waals surface area (Å²) in [6.07, 6.45) is -1.13. The number of amides is 1. The number of nitrogens with one attached hydrogen (secondary N) is 2. The zero-order valence-electron chi connectivity index (χ0n) is 19.8. The second-order valence-electron chi connectivity index (χ2n) is 8.75. The SMILES string of the molecule is CC(F)(F)c1cc(-c2ccc(S(=O)(=O)NC3(C(=O)O)CC3(COC(=O)NCCO)c3ccccc3)s2)no1. The fourth-order valence-corrected chi connectivity index (χ4v) is 6.79. The van der Waals surface area contributed by atoms with Gasteiger partial charge in [0.2, 0.25) is 5.76 Å². The summed E-state index contributed by atoms with van der Waals surface area (Å²) in [5.41, 5.74) is -3.06. The van der Waals surface area contributed by atoms with Crippen LogP contribution in [0, 0.1) is 0 Å². The summed E-state index contributed by atoms with van der Waals surface area (Å²) in [4.78, 5) is 24.7.